The predicted molar refractivity (Wildman–Crippen MR) is 78.8 cm³/mol. The molecule has 0 amide bonds. The minimum absolute atomic E-state index is 0.524. The van der Waals surface area contributed by atoms with Gasteiger partial charge in [0.25, 0.3) is 0 Å². The molecule has 20 heavy (non-hydrogen) atoms. The Kier molecular flexibility index (Phi) is 4.50. The van der Waals surface area contributed by atoms with Gasteiger partial charge in [-0.25, -0.2) is 4.99 Å². The van der Waals surface area contributed by atoms with E-state index >= 15 is 0 Å². The first-order chi connectivity index (χ1) is 9.78. The number of carbonyl (C=O) groups is 1. The molecule has 4 heteroatoms. The van der Waals surface area contributed by atoms with Crippen LogP contribution in [-0.4, -0.2) is 18.1 Å². The van der Waals surface area contributed by atoms with Crippen LogP contribution in [-0.2, 0) is 4.79 Å². The quantitative estimate of drug-likeness (QED) is 0.800. The van der Waals surface area contributed by atoms with Crippen molar-refractivity contribution in [3.63, 3.8) is 0 Å². The SMILES string of the molecule is C/C=C(\N=c1\cc(OC)ccn1C=O)c1ccccc1. The number of hydrogen-bond acceptors (Lipinski definition) is 3. The van der Waals surface area contributed by atoms with Gasteiger partial charge in [-0.3, -0.25) is 9.36 Å². The number of hydrogen-bond donors (Lipinski definition) is 0. The van der Waals surface area contributed by atoms with E-state index in [9.17, 15) is 4.79 Å². The molecule has 4 nitrogen and oxygen atoms in total. The smallest absolute Gasteiger partial charge is 0.219 e. The van der Waals surface area contributed by atoms with E-state index in [-0.39, 0.29) is 0 Å². The molecule has 102 valence electrons. The molecule has 1 aromatic carbocycles. The summed E-state index contributed by atoms with van der Waals surface area (Å²) < 4.78 is 6.58. The number of allylic oxidation sites excluding steroid dienone is 1. The fourth-order valence-corrected chi connectivity index (χ4v) is 1.81. The Morgan fingerprint density at radius 2 is 2.00 bits per heavy atom. The van der Waals surface area contributed by atoms with Gasteiger partial charge in [0.1, 0.15) is 11.2 Å². The van der Waals surface area contributed by atoms with E-state index in [4.69, 9.17) is 4.74 Å². The van der Waals surface area contributed by atoms with Gasteiger partial charge in [-0.05, 0) is 18.6 Å². The first kappa shape index (κ1) is 13.8. The van der Waals surface area contributed by atoms with Gasteiger partial charge >= 0.3 is 0 Å². The van der Waals surface area contributed by atoms with E-state index in [1.54, 1.807) is 25.4 Å². The van der Waals surface area contributed by atoms with Gasteiger partial charge in [0.05, 0.1) is 12.8 Å². The Morgan fingerprint density at radius 1 is 1.25 bits per heavy atom. The fraction of sp³-hybridized carbons (Fsp3) is 0.125. The average molecular weight is 268 g/mol. The molecule has 2 rings (SSSR count). The number of benzene rings is 1. The zero-order valence-electron chi connectivity index (χ0n) is 11.5. The molecule has 1 aromatic heterocycles. The highest BCUT2D eigenvalue weighted by Crippen LogP contribution is 2.14. The lowest BCUT2D eigenvalue weighted by atomic mass is 10.1. The summed E-state index contributed by atoms with van der Waals surface area (Å²) >= 11 is 0. The second kappa shape index (κ2) is 6.52. The molecular weight excluding hydrogens is 252 g/mol. The Labute approximate surface area is 117 Å². The Hall–Kier alpha value is -2.62. The summed E-state index contributed by atoms with van der Waals surface area (Å²) in [6.45, 7) is 1.91. The van der Waals surface area contributed by atoms with Crippen molar-refractivity contribution in [2.75, 3.05) is 7.11 Å². The predicted octanol–water partition coefficient (Wildman–Crippen LogP) is 2.50. The third kappa shape index (κ3) is 3.03. The molecule has 0 saturated carbocycles. The molecule has 0 spiro atoms. The van der Waals surface area contributed by atoms with E-state index in [0.29, 0.717) is 11.2 Å². The summed E-state index contributed by atoms with van der Waals surface area (Å²) in [5.41, 5.74) is 2.32. The second-order valence-electron chi connectivity index (χ2n) is 4.09. The minimum atomic E-state index is 0.524. The maximum Gasteiger partial charge on any atom is 0.219 e. The maximum absolute atomic E-state index is 11.1. The molecule has 0 radical (unpaired) electrons. The van der Waals surface area contributed by atoms with Crippen molar-refractivity contribution in [2.45, 2.75) is 6.92 Å². The third-order valence-electron chi connectivity index (χ3n) is 2.86. The fourth-order valence-electron chi connectivity index (χ4n) is 1.81. The van der Waals surface area contributed by atoms with Gasteiger partial charge in [0.2, 0.25) is 6.41 Å². The average Bonchev–Trinajstić information content (AvgIpc) is 2.53. The van der Waals surface area contributed by atoms with Gasteiger partial charge < -0.3 is 4.74 Å². The highest BCUT2D eigenvalue weighted by molar-refractivity contribution is 5.64. The van der Waals surface area contributed by atoms with Crippen molar-refractivity contribution < 1.29 is 9.53 Å². The summed E-state index contributed by atoms with van der Waals surface area (Å²) in [5, 5.41) is 0. The summed E-state index contributed by atoms with van der Waals surface area (Å²) in [5.74, 6) is 0.658. The van der Waals surface area contributed by atoms with Crippen molar-refractivity contribution in [3.8, 4) is 5.75 Å². The lowest BCUT2D eigenvalue weighted by Gasteiger charge is -2.05. The van der Waals surface area contributed by atoms with Crippen LogP contribution >= 0.6 is 0 Å². The Balaban J connectivity index is 2.56. The van der Waals surface area contributed by atoms with Crippen molar-refractivity contribution in [1.82, 2.24) is 4.57 Å². The molecular formula is C16H16N2O2. The van der Waals surface area contributed by atoms with Crippen LogP contribution in [0, 0.1) is 0 Å². The van der Waals surface area contributed by atoms with Gasteiger partial charge in [-0.1, -0.05) is 36.4 Å². The molecule has 0 fully saturated rings. The zero-order chi connectivity index (χ0) is 14.4. The van der Waals surface area contributed by atoms with E-state index in [0.717, 1.165) is 17.7 Å². The number of aromatic nitrogens is 1. The van der Waals surface area contributed by atoms with E-state index in [2.05, 4.69) is 4.99 Å². The van der Waals surface area contributed by atoms with Crippen LogP contribution in [0.1, 0.15) is 12.5 Å². The van der Waals surface area contributed by atoms with Gasteiger partial charge in [-0.15, -0.1) is 0 Å². The van der Waals surface area contributed by atoms with E-state index in [1.165, 1.54) is 4.57 Å². The number of rotatable bonds is 4. The van der Waals surface area contributed by atoms with Crippen molar-refractivity contribution in [3.05, 3.63) is 65.8 Å². The Morgan fingerprint density at radius 3 is 2.60 bits per heavy atom. The molecule has 0 aliphatic rings. The lowest BCUT2D eigenvalue weighted by molar-refractivity contribution is 0.413. The summed E-state index contributed by atoms with van der Waals surface area (Å²) in [7, 11) is 1.58. The standard InChI is InChI=1S/C16H16N2O2/c1-3-15(13-7-5-4-6-8-13)17-16-11-14(20-2)9-10-18(16)12-19/h3-12H,1-2H3/b15-3-,17-16-. The summed E-state index contributed by atoms with van der Waals surface area (Å²) in [4.78, 5) is 15.6. The van der Waals surface area contributed by atoms with Crippen LogP contribution in [0.3, 0.4) is 0 Å². The molecule has 0 aliphatic carbocycles. The third-order valence-corrected chi connectivity index (χ3v) is 2.86. The number of methoxy groups -OCH3 is 1. The molecule has 1 heterocycles. The minimum Gasteiger partial charge on any atom is -0.497 e. The lowest BCUT2D eigenvalue weighted by Crippen LogP contribution is -2.19. The number of pyridine rings is 1. The van der Waals surface area contributed by atoms with Crippen LogP contribution < -0.4 is 10.2 Å². The molecule has 0 saturated heterocycles. The van der Waals surface area contributed by atoms with Crippen molar-refractivity contribution >= 4 is 12.1 Å². The van der Waals surface area contributed by atoms with E-state index < -0.39 is 0 Å². The van der Waals surface area contributed by atoms with Gasteiger partial charge in [0, 0.05) is 12.3 Å². The monoisotopic (exact) mass is 268 g/mol. The van der Waals surface area contributed by atoms with Crippen LogP contribution in [0.5, 0.6) is 5.75 Å². The van der Waals surface area contributed by atoms with Crippen LogP contribution in [0.2, 0.25) is 0 Å². The van der Waals surface area contributed by atoms with Gasteiger partial charge in [-0.2, -0.15) is 0 Å². The van der Waals surface area contributed by atoms with Crippen LogP contribution in [0.25, 0.3) is 5.70 Å². The van der Waals surface area contributed by atoms with Gasteiger partial charge in [0.15, 0.2) is 0 Å². The van der Waals surface area contributed by atoms with E-state index in [1.807, 2.05) is 43.3 Å². The largest absolute Gasteiger partial charge is 0.497 e. The molecule has 0 N–H and O–H groups in total. The zero-order valence-corrected chi connectivity index (χ0v) is 11.5. The highest BCUT2D eigenvalue weighted by Gasteiger charge is 2.00. The summed E-state index contributed by atoms with van der Waals surface area (Å²) in [6.07, 6.45) is 4.25. The molecule has 0 aliphatic heterocycles. The molecule has 0 unspecified atom stereocenters. The highest BCUT2D eigenvalue weighted by atomic mass is 16.5. The molecule has 0 atom stereocenters. The Bertz CT molecular complexity index is 685. The molecule has 2 aromatic rings. The first-order valence-corrected chi connectivity index (χ1v) is 6.26. The number of nitrogens with zero attached hydrogens (tertiary/aromatic N) is 2. The first-order valence-electron chi connectivity index (χ1n) is 6.26. The van der Waals surface area contributed by atoms with Crippen molar-refractivity contribution in [1.29, 1.82) is 0 Å². The normalized spacial score (nSPS) is 12.3. The van der Waals surface area contributed by atoms with Crippen LogP contribution in [0.4, 0.5) is 0 Å². The topological polar surface area (TPSA) is 43.6 Å². The second-order valence-corrected chi connectivity index (χ2v) is 4.09. The maximum atomic E-state index is 11.1. The number of carbonyl (C=O) groups excluding carboxylic acids is 1. The van der Waals surface area contributed by atoms with Crippen LogP contribution in [0.15, 0.2) is 59.7 Å². The number of ether oxygens (including phenoxy) is 1. The molecule has 0 bridgehead atoms. The summed E-state index contributed by atoms with van der Waals surface area (Å²) in [6, 6.07) is 13.2. The van der Waals surface area contributed by atoms with Crippen molar-refractivity contribution in [2.24, 2.45) is 4.99 Å².